The van der Waals surface area contributed by atoms with Gasteiger partial charge in [0.05, 0.1) is 17.5 Å². The van der Waals surface area contributed by atoms with Crippen LogP contribution in [-0.2, 0) is 6.61 Å². The van der Waals surface area contributed by atoms with Gasteiger partial charge in [-0.1, -0.05) is 35.3 Å². The van der Waals surface area contributed by atoms with Gasteiger partial charge in [-0.15, -0.1) is 5.10 Å². The second kappa shape index (κ2) is 9.03. The van der Waals surface area contributed by atoms with E-state index in [1.54, 1.807) is 18.2 Å². The number of fused-ring (bicyclic) bond motifs is 1. The molecule has 0 radical (unpaired) electrons. The minimum atomic E-state index is -0.510. The Morgan fingerprint density at radius 3 is 2.66 bits per heavy atom. The number of hydrogen-bond donors (Lipinski definition) is 2. The lowest BCUT2D eigenvalue weighted by molar-refractivity contribution is 0.269. The molecule has 7 nitrogen and oxygen atoms in total. The summed E-state index contributed by atoms with van der Waals surface area (Å²) >= 11 is 12.6. The smallest absolute Gasteiger partial charge is 0.244 e. The molecule has 0 unspecified atom stereocenters. The van der Waals surface area contributed by atoms with Crippen LogP contribution in [0, 0.1) is 18.3 Å². The first-order valence-corrected chi connectivity index (χ1v) is 10.6. The van der Waals surface area contributed by atoms with Crippen LogP contribution in [0.2, 0.25) is 10.0 Å². The standard InChI is InChI=1S/C23H20Cl2N4O3/c1-3-30-18-9-14(8-17(25)21(18)31-11-13-4-6-15(24)7-5-13)20-16(10-26)22(27)32-23-19(20)12(2)28-29-23/h4-9,20H,3,11,27H2,1-2H3,(H,28,29)/t20-/m1/s1. The largest absolute Gasteiger partial charge is 0.490 e. The maximum atomic E-state index is 9.78. The quantitative estimate of drug-likeness (QED) is 0.511. The molecular formula is C23H20Cl2N4O3. The molecule has 0 spiro atoms. The molecule has 0 amide bonds. The molecule has 164 valence electrons. The van der Waals surface area contributed by atoms with Gasteiger partial charge in [0.2, 0.25) is 11.8 Å². The summed E-state index contributed by atoms with van der Waals surface area (Å²) in [6, 6.07) is 13.1. The van der Waals surface area contributed by atoms with Gasteiger partial charge in [-0.2, -0.15) is 5.26 Å². The number of allylic oxidation sites excluding steroid dienone is 1. The van der Waals surface area contributed by atoms with E-state index in [4.69, 9.17) is 43.1 Å². The van der Waals surface area contributed by atoms with Crippen LogP contribution >= 0.6 is 23.2 Å². The number of ether oxygens (including phenoxy) is 3. The molecule has 3 aromatic rings. The molecule has 32 heavy (non-hydrogen) atoms. The lowest BCUT2D eigenvalue weighted by Gasteiger charge is -2.25. The molecule has 0 aliphatic carbocycles. The topological polar surface area (TPSA) is 106 Å². The van der Waals surface area contributed by atoms with Crippen LogP contribution in [-0.4, -0.2) is 16.8 Å². The van der Waals surface area contributed by atoms with Gasteiger partial charge < -0.3 is 19.9 Å². The van der Waals surface area contributed by atoms with Crippen molar-refractivity contribution in [3.8, 4) is 23.4 Å². The molecule has 1 aliphatic rings. The van der Waals surface area contributed by atoms with Crippen molar-refractivity contribution in [2.24, 2.45) is 5.73 Å². The van der Waals surface area contributed by atoms with E-state index in [-0.39, 0.29) is 18.1 Å². The van der Waals surface area contributed by atoms with E-state index in [9.17, 15) is 5.26 Å². The second-order valence-corrected chi connectivity index (χ2v) is 8.01. The number of hydrogen-bond acceptors (Lipinski definition) is 6. The Kier molecular flexibility index (Phi) is 6.17. The molecule has 1 atom stereocenters. The van der Waals surface area contributed by atoms with E-state index in [2.05, 4.69) is 16.3 Å². The summed E-state index contributed by atoms with van der Waals surface area (Å²) in [6.07, 6.45) is 0. The summed E-state index contributed by atoms with van der Waals surface area (Å²) in [7, 11) is 0. The highest BCUT2D eigenvalue weighted by Crippen LogP contribution is 2.46. The lowest BCUT2D eigenvalue weighted by Crippen LogP contribution is -2.21. The highest BCUT2D eigenvalue weighted by Gasteiger charge is 2.35. The fraction of sp³-hybridized carbons (Fsp3) is 0.217. The van der Waals surface area contributed by atoms with E-state index in [1.165, 1.54) is 0 Å². The minimum absolute atomic E-state index is 0.00801. The number of aromatic amines is 1. The molecule has 1 aromatic heterocycles. The number of halogens is 2. The second-order valence-electron chi connectivity index (χ2n) is 7.17. The molecule has 2 heterocycles. The molecule has 3 N–H and O–H groups in total. The number of aromatic nitrogens is 2. The van der Waals surface area contributed by atoms with E-state index in [1.807, 2.05) is 32.0 Å². The van der Waals surface area contributed by atoms with Crippen LogP contribution in [0.1, 0.15) is 35.2 Å². The van der Waals surface area contributed by atoms with Gasteiger partial charge in [-0.05, 0) is 49.2 Å². The van der Waals surface area contributed by atoms with Gasteiger partial charge in [0.15, 0.2) is 11.5 Å². The van der Waals surface area contributed by atoms with Crippen LogP contribution in [0.4, 0.5) is 0 Å². The zero-order chi connectivity index (χ0) is 22.8. The molecule has 0 fully saturated rings. The van der Waals surface area contributed by atoms with Crippen molar-refractivity contribution in [1.82, 2.24) is 10.2 Å². The highest BCUT2D eigenvalue weighted by atomic mass is 35.5. The summed E-state index contributed by atoms with van der Waals surface area (Å²) in [5.74, 6) is 0.715. The van der Waals surface area contributed by atoms with Crippen molar-refractivity contribution in [3.05, 3.63) is 80.3 Å². The first-order valence-electron chi connectivity index (χ1n) is 9.88. The zero-order valence-electron chi connectivity index (χ0n) is 17.4. The Bertz CT molecular complexity index is 1230. The van der Waals surface area contributed by atoms with E-state index < -0.39 is 5.92 Å². The average Bonchev–Trinajstić information content (AvgIpc) is 3.13. The summed E-state index contributed by atoms with van der Waals surface area (Å²) in [5.41, 5.74) is 9.42. The fourth-order valence-electron chi connectivity index (χ4n) is 3.63. The number of nitrogens with one attached hydrogen (secondary N) is 1. The molecule has 2 aromatic carbocycles. The molecule has 4 rings (SSSR count). The van der Waals surface area contributed by atoms with Crippen molar-refractivity contribution >= 4 is 23.2 Å². The maximum Gasteiger partial charge on any atom is 0.244 e. The first kappa shape index (κ1) is 21.9. The van der Waals surface area contributed by atoms with Crippen molar-refractivity contribution < 1.29 is 14.2 Å². The number of rotatable bonds is 6. The number of nitrogens with zero attached hydrogens (tertiary/aromatic N) is 2. The first-order chi connectivity index (χ1) is 15.4. The molecule has 9 heteroatoms. The number of aryl methyl sites for hydroxylation is 1. The van der Waals surface area contributed by atoms with Gasteiger partial charge in [-0.3, -0.25) is 5.10 Å². The van der Waals surface area contributed by atoms with Crippen LogP contribution in [0.3, 0.4) is 0 Å². The molecule has 0 bridgehead atoms. The minimum Gasteiger partial charge on any atom is -0.490 e. The maximum absolute atomic E-state index is 9.78. The number of H-pyrrole nitrogens is 1. The lowest BCUT2D eigenvalue weighted by atomic mass is 9.84. The third kappa shape index (κ3) is 4.07. The molecule has 0 saturated heterocycles. The van der Waals surface area contributed by atoms with Crippen molar-refractivity contribution in [3.63, 3.8) is 0 Å². The van der Waals surface area contributed by atoms with Gasteiger partial charge in [0.25, 0.3) is 0 Å². The molecule has 0 saturated carbocycles. The Morgan fingerprint density at radius 2 is 1.97 bits per heavy atom. The Labute approximate surface area is 195 Å². The van der Waals surface area contributed by atoms with Crippen LogP contribution in [0.5, 0.6) is 17.4 Å². The van der Waals surface area contributed by atoms with Gasteiger partial charge in [0.1, 0.15) is 18.2 Å². The monoisotopic (exact) mass is 470 g/mol. The van der Waals surface area contributed by atoms with Crippen LogP contribution < -0.4 is 19.9 Å². The van der Waals surface area contributed by atoms with Gasteiger partial charge in [-0.25, -0.2) is 0 Å². The zero-order valence-corrected chi connectivity index (χ0v) is 18.9. The summed E-state index contributed by atoms with van der Waals surface area (Å²) < 4.78 is 17.4. The highest BCUT2D eigenvalue weighted by molar-refractivity contribution is 6.32. The SMILES string of the molecule is CCOc1cc([C@@H]2C(C#N)=C(N)Oc3n[nH]c(C)c32)cc(Cl)c1OCc1ccc(Cl)cc1. The van der Waals surface area contributed by atoms with Crippen molar-refractivity contribution in [1.29, 1.82) is 5.26 Å². The van der Waals surface area contributed by atoms with Gasteiger partial charge in [0, 0.05) is 16.3 Å². The molecular weight excluding hydrogens is 451 g/mol. The Hall–Kier alpha value is -3.34. The predicted molar refractivity (Wildman–Crippen MR) is 121 cm³/mol. The van der Waals surface area contributed by atoms with E-state index in [0.717, 1.165) is 16.8 Å². The predicted octanol–water partition coefficient (Wildman–Crippen LogP) is 5.22. The summed E-state index contributed by atoms with van der Waals surface area (Å²) in [6.45, 7) is 4.42. The third-order valence-electron chi connectivity index (χ3n) is 5.09. The van der Waals surface area contributed by atoms with Crippen LogP contribution in [0.25, 0.3) is 0 Å². The summed E-state index contributed by atoms with van der Waals surface area (Å²) in [4.78, 5) is 0. The average molecular weight is 471 g/mol. The Balaban J connectivity index is 1.75. The normalized spacial score (nSPS) is 15.0. The van der Waals surface area contributed by atoms with Crippen molar-refractivity contribution in [2.75, 3.05) is 6.61 Å². The van der Waals surface area contributed by atoms with E-state index in [0.29, 0.717) is 39.6 Å². The summed E-state index contributed by atoms with van der Waals surface area (Å²) in [5, 5.41) is 17.8. The Morgan fingerprint density at radius 1 is 1.22 bits per heavy atom. The number of nitriles is 1. The third-order valence-corrected chi connectivity index (χ3v) is 5.62. The van der Waals surface area contributed by atoms with Gasteiger partial charge >= 0.3 is 0 Å². The number of nitrogens with two attached hydrogens (primary N) is 1. The van der Waals surface area contributed by atoms with Crippen molar-refractivity contribution in [2.45, 2.75) is 26.4 Å². The molecule has 1 aliphatic heterocycles. The fourth-order valence-corrected chi connectivity index (χ4v) is 4.03. The van der Waals surface area contributed by atoms with Crippen LogP contribution in [0.15, 0.2) is 47.9 Å². The van der Waals surface area contributed by atoms with E-state index >= 15 is 0 Å². The number of benzene rings is 2.